The average molecular weight is 202 g/mol. The second kappa shape index (κ2) is 4.61. The van der Waals surface area contributed by atoms with Gasteiger partial charge in [-0.2, -0.15) is 5.26 Å². The van der Waals surface area contributed by atoms with Crippen LogP contribution in [0.3, 0.4) is 0 Å². The Morgan fingerprint density at radius 2 is 2.07 bits per heavy atom. The minimum absolute atomic E-state index is 0.00657. The lowest BCUT2D eigenvalue weighted by atomic mass is 10.1. The van der Waals surface area contributed by atoms with E-state index in [9.17, 15) is 4.79 Å². The molecule has 3 heteroatoms. The highest BCUT2D eigenvalue weighted by Gasteiger charge is 2.23. The predicted octanol–water partition coefficient (Wildman–Crippen LogP) is 2.17. The second-order valence-electron chi connectivity index (χ2n) is 3.14. The van der Waals surface area contributed by atoms with Crippen LogP contribution in [0.15, 0.2) is 18.2 Å². The largest absolute Gasteiger partial charge is 0.337 e. The Morgan fingerprint density at radius 3 is 2.67 bits per heavy atom. The third kappa shape index (κ3) is 1.99. The number of rotatable bonds is 0. The molecular weight excluding hydrogens is 188 g/mol. The SMILES string of the molecule is CC.CN1Cc2ccc(C#N)cc2C1=O. The summed E-state index contributed by atoms with van der Waals surface area (Å²) in [6.45, 7) is 4.65. The zero-order valence-corrected chi connectivity index (χ0v) is 9.24. The number of hydrogen-bond donors (Lipinski definition) is 0. The topological polar surface area (TPSA) is 44.1 Å². The summed E-state index contributed by atoms with van der Waals surface area (Å²) >= 11 is 0. The smallest absolute Gasteiger partial charge is 0.254 e. The van der Waals surface area contributed by atoms with Gasteiger partial charge in [0.2, 0.25) is 0 Å². The van der Waals surface area contributed by atoms with Gasteiger partial charge in [-0.1, -0.05) is 19.9 Å². The number of nitriles is 1. The number of amides is 1. The van der Waals surface area contributed by atoms with Crippen molar-refractivity contribution >= 4 is 5.91 Å². The molecule has 1 aromatic carbocycles. The van der Waals surface area contributed by atoms with Crippen molar-refractivity contribution in [3.05, 3.63) is 34.9 Å². The molecule has 0 saturated carbocycles. The summed E-state index contributed by atoms with van der Waals surface area (Å²) in [6, 6.07) is 7.26. The molecule has 0 spiro atoms. The van der Waals surface area contributed by atoms with Crippen molar-refractivity contribution in [1.29, 1.82) is 5.26 Å². The van der Waals surface area contributed by atoms with E-state index < -0.39 is 0 Å². The lowest BCUT2D eigenvalue weighted by Gasteiger charge is -2.04. The maximum Gasteiger partial charge on any atom is 0.254 e. The van der Waals surface area contributed by atoms with E-state index in [1.54, 1.807) is 24.1 Å². The minimum Gasteiger partial charge on any atom is -0.337 e. The maximum absolute atomic E-state index is 11.5. The molecule has 0 aromatic heterocycles. The minimum atomic E-state index is 0.00657. The molecule has 78 valence electrons. The van der Waals surface area contributed by atoms with Crippen LogP contribution in [0.25, 0.3) is 0 Å². The molecule has 1 aromatic rings. The van der Waals surface area contributed by atoms with Crippen LogP contribution in [0.1, 0.15) is 35.3 Å². The zero-order valence-electron chi connectivity index (χ0n) is 9.24. The van der Waals surface area contributed by atoms with Gasteiger partial charge in [-0.15, -0.1) is 0 Å². The van der Waals surface area contributed by atoms with Gasteiger partial charge >= 0.3 is 0 Å². The van der Waals surface area contributed by atoms with Crippen LogP contribution in [0.4, 0.5) is 0 Å². The van der Waals surface area contributed by atoms with E-state index in [1.165, 1.54) is 0 Å². The Bertz CT molecular complexity index is 418. The molecule has 3 nitrogen and oxygen atoms in total. The quantitative estimate of drug-likeness (QED) is 0.647. The fourth-order valence-electron chi connectivity index (χ4n) is 1.52. The number of benzene rings is 1. The highest BCUT2D eigenvalue weighted by Crippen LogP contribution is 2.21. The van der Waals surface area contributed by atoms with Crippen LogP contribution in [0.5, 0.6) is 0 Å². The predicted molar refractivity (Wildman–Crippen MR) is 58.3 cm³/mol. The Labute approximate surface area is 89.9 Å². The monoisotopic (exact) mass is 202 g/mol. The van der Waals surface area contributed by atoms with Gasteiger partial charge in [0.25, 0.3) is 5.91 Å². The van der Waals surface area contributed by atoms with E-state index >= 15 is 0 Å². The third-order valence-electron chi connectivity index (χ3n) is 2.22. The maximum atomic E-state index is 11.5. The molecule has 0 N–H and O–H groups in total. The summed E-state index contributed by atoms with van der Waals surface area (Å²) in [5.74, 6) is 0.00657. The molecule has 0 radical (unpaired) electrons. The summed E-state index contributed by atoms with van der Waals surface area (Å²) in [5, 5.41) is 8.65. The first-order chi connectivity index (χ1) is 7.22. The van der Waals surface area contributed by atoms with E-state index in [1.807, 2.05) is 26.0 Å². The fourth-order valence-corrected chi connectivity index (χ4v) is 1.52. The Kier molecular flexibility index (Phi) is 3.46. The van der Waals surface area contributed by atoms with E-state index in [-0.39, 0.29) is 5.91 Å². The standard InChI is InChI=1S/C10H8N2O.C2H6/c1-12-6-8-3-2-7(5-11)4-9(8)10(12)13;1-2/h2-4H,6H2,1H3;1-2H3. The van der Waals surface area contributed by atoms with E-state index in [4.69, 9.17) is 5.26 Å². The molecule has 1 amide bonds. The van der Waals surface area contributed by atoms with Gasteiger partial charge in [0.15, 0.2) is 0 Å². The number of carbonyl (C=O) groups is 1. The molecule has 0 atom stereocenters. The lowest BCUT2D eigenvalue weighted by molar-refractivity contribution is 0.0816. The summed E-state index contributed by atoms with van der Waals surface area (Å²) in [4.78, 5) is 13.1. The molecule has 2 rings (SSSR count). The van der Waals surface area contributed by atoms with Crippen molar-refractivity contribution < 1.29 is 4.79 Å². The van der Waals surface area contributed by atoms with Gasteiger partial charge < -0.3 is 4.90 Å². The summed E-state index contributed by atoms with van der Waals surface area (Å²) in [7, 11) is 1.76. The molecule has 15 heavy (non-hydrogen) atoms. The van der Waals surface area contributed by atoms with Crippen molar-refractivity contribution in [2.75, 3.05) is 7.05 Å². The van der Waals surface area contributed by atoms with Gasteiger partial charge in [0, 0.05) is 19.2 Å². The second-order valence-corrected chi connectivity index (χ2v) is 3.14. The van der Waals surface area contributed by atoms with Gasteiger partial charge in [0.05, 0.1) is 11.6 Å². The zero-order chi connectivity index (χ0) is 11.4. The van der Waals surface area contributed by atoms with E-state index in [2.05, 4.69) is 0 Å². The Hall–Kier alpha value is -1.82. The van der Waals surface area contributed by atoms with Crippen molar-refractivity contribution in [2.45, 2.75) is 20.4 Å². The van der Waals surface area contributed by atoms with Gasteiger partial charge in [-0.05, 0) is 17.7 Å². The van der Waals surface area contributed by atoms with Crippen LogP contribution >= 0.6 is 0 Å². The van der Waals surface area contributed by atoms with E-state index in [0.29, 0.717) is 17.7 Å². The summed E-state index contributed by atoms with van der Waals surface area (Å²) < 4.78 is 0. The van der Waals surface area contributed by atoms with Crippen LogP contribution in [0.2, 0.25) is 0 Å². The van der Waals surface area contributed by atoms with Crippen LogP contribution in [0, 0.1) is 11.3 Å². The molecule has 1 heterocycles. The Balaban J connectivity index is 0.000000531. The normalized spacial score (nSPS) is 12.7. The highest BCUT2D eigenvalue weighted by atomic mass is 16.2. The van der Waals surface area contributed by atoms with E-state index in [0.717, 1.165) is 5.56 Å². The number of carbonyl (C=O) groups excluding carboxylic acids is 1. The molecule has 0 bridgehead atoms. The highest BCUT2D eigenvalue weighted by molar-refractivity contribution is 5.98. The van der Waals surface area contributed by atoms with Crippen molar-refractivity contribution in [3.63, 3.8) is 0 Å². The first-order valence-electron chi connectivity index (χ1n) is 5.01. The number of nitrogens with zero attached hydrogens (tertiary/aromatic N) is 2. The first-order valence-corrected chi connectivity index (χ1v) is 5.01. The third-order valence-corrected chi connectivity index (χ3v) is 2.22. The van der Waals surface area contributed by atoms with Crippen LogP contribution in [-0.4, -0.2) is 17.9 Å². The van der Waals surface area contributed by atoms with Gasteiger partial charge in [-0.3, -0.25) is 4.79 Å². The summed E-state index contributed by atoms with van der Waals surface area (Å²) in [6.07, 6.45) is 0. The molecule has 0 saturated heterocycles. The molecular formula is C12H14N2O. The first kappa shape index (κ1) is 11.3. The van der Waals surface area contributed by atoms with Crippen LogP contribution < -0.4 is 0 Å². The number of hydrogen-bond acceptors (Lipinski definition) is 2. The molecule has 1 aliphatic rings. The van der Waals surface area contributed by atoms with Crippen molar-refractivity contribution in [1.82, 2.24) is 4.90 Å². The van der Waals surface area contributed by atoms with Crippen molar-refractivity contribution in [3.8, 4) is 6.07 Å². The lowest BCUT2D eigenvalue weighted by Crippen LogP contribution is -2.17. The fraction of sp³-hybridized carbons (Fsp3) is 0.333. The van der Waals surface area contributed by atoms with Crippen LogP contribution in [-0.2, 0) is 6.54 Å². The molecule has 0 fully saturated rings. The van der Waals surface area contributed by atoms with Gasteiger partial charge in [0.1, 0.15) is 0 Å². The van der Waals surface area contributed by atoms with Gasteiger partial charge in [-0.25, -0.2) is 0 Å². The average Bonchev–Trinajstić information content (AvgIpc) is 2.57. The Morgan fingerprint density at radius 1 is 1.40 bits per heavy atom. The summed E-state index contributed by atoms with van der Waals surface area (Å²) in [5.41, 5.74) is 2.22. The van der Waals surface area contributed by atoms with Crippen molar-refractivity contribution in [2.24, 2.45) is 0 Å². The molecule has 0 unspecified atom stereocenters. The molecule has 0 aliphatic carbocycles. The molecule has 1 aliphatic heterocycles. The number of fused-ring (bicyclic) bond motifs is 1.